The van der Waals surface area contributed by atoms with E-state index in [0.29, 0.717) is 0 Å². The molecule has 0 aliphatic heterocycles. The van der Waals surface area contributed by atoms with Crippen molar-refractivity contribution in [2.45, 2.75) is 31.7 Å². The topological polar surface area (TPSA) is 86.6 Å². The van der Waals surface area contributed by atoms with E-state index in [4.69, 9.17) is 10.2 Å². The third kappa shape index (κ3) is 3.79. The van der Waals surface area contributed by atoms with Crippen LogP contribution in [-0.4, -0.2) is 34.7 Å². The number of aliphatic carboxylic acids is 1. The summed E-state index contributed by atoms with van der Waals surface area (Å²) < 4.78 is 0. The van der Waals surface area contributed by atoms with Crippen LogP contribution in [0.25, 0.3) is 0 Å². The van der Waals surface area contributed by atoms with Crippen molar-refractivity contribution in [1.82, 2.24) is 5.32 Å². The van der Waals surface area contributed by atoms with Gasteiger partial charge in [0.2, 0.25) is 5.91 Å². The predicted octanol–water partition coefficient (Wildman–Crippen LogP) is 0.916. The standard InChI is InChI=1S/C14H19NO4/c1-14(2,10-6-4-3-5-7-10)13(19)15-11(8-9-16)12(17)18/h3-7,11,16H,8-9H2,1-2H3,(H,15,19)(H,17,18). The second-order valence-electron chi connectivity index (χ2n) is 4.87. The lowest BCUT2D eigenvalue weighted by molar-refractivity contribution is -0.143. The molecule has 1 aromatic carbocycles. The lowest BCUT2D eigenvalue weighted by atomic mass is 9.83. The van der Waals surface area contributed by atoms with E-state index in [2.05, 4.69) is 5.32 Å². The molecule has 104 valence electrons. The largest absolute Gasteiger partial charge is 0.480 e. The van der Waals surface area contributed by atoms with E-state index >= 15 is 0 Å². The molecule has 0 spiro atoms. The van der Waals surface area contributed by atoms with Gasteiger partial charge in [-0.05, 0) is 19.4 Å². The Morgan fingerprint density at radius 1 is 1.26 bits per heavy atom. The van der Waals surface area contributed by atoms with Crippen LogP contribution >= 0.6 is 0 Å². The minimum Gasteiger partial charge on any atom is -0.480 e. The Morgan fingerprint density at radius 2 is 1.84 bits per heavy atom. The van der Waals surface area contributed by atoms with E-state index in [1.165, 1.54) is 0 Å². The number of aliphatic hydroxyl groups excluding tert-OH is 1. The summed E-state index contributed by atoms with van der Waals surface area (Å²) in [4.78, 5) is 23.2. The number of hydrogen-bond acceptors (Lipinski definition) is 3. The SMILES string of the molecule is CC(C)(C(=O)NC(CCO)C(=O)O)c1ccccc1. The van der Waals surface area contributed by atoms with Crippen molar-refractivity contribution in [2.75, 3.05) is 6.61 Å². The Morgan fingerprint density at radius 3 is 2.32 bits per heavy atom. The number of hydrogen-bond donors (Lipinski definition) is 3. The highest BCUT2D eigenvalue weighted by Crippen LogP contribution is 2.23. The molecule has 1 atom stereocenters. The van der Waals surface area contributed by atoms with Gasteiger partial charge >= 0.3 is 5.97 Å². The number of carboxylic acid groups (broad SMARTS) is 1. The summed E-state index contributed by atoms with van der Waals surface area (Å²) in [5.74, 6) is -1.52. The van der Waals surface area contributed by atoms with Gasteiger partial charge in [0.25, 0.3) is 0 Å². The van der Waals surface area contributed by atoms with Gasteiger partial charge in [-0.25, -0.2) is 4.79 Å². The van der Waals surface area contributed by atoms with Gasteiger partial charge in [-0.1, -0.05) is 30.3 Å². The number of carbonyl (C=O) groups is 2. The van der Waals surface area contributed by atoms with Crippen molar-refractivity contribution in [3.63, 3.8) is 0 Å². The Balaban J connectivity index is 2.84. The third-order valence-electron chi connectivity index (χ3n) is 3.08. The van der Waals surface area contributed by atoms with E-state index in [1.54, 1.807) is 13.8 Å². The van der Waals surface area contributed by atoms with Crippen LogP contribution < -0.4 is 5.32 Å². The van der Waals surface area contributed by atoms with Crippen LogP contribution in [0.1, 0.15) is 25.8 Å². The van der Waals surface area contributed by atoms with Gasteiger partial charge in [-0.15, -0.1) is 0 Å². The van der Waals surface area contributed by atoms with Crippen molar-refractivity contribution >= 4 is 11.9 Å². The molecule has 0 saturated carbocycles. The van der Waals surface area contributed by atoms with Crippen LogP contribution in [0, 0.1) is 0 Å². The first-order valence-corrected chi connectivity index (χ1v) is 6.09. The Labute approximate surface area is 112 Å². The summed E-state index contributed by atoms with van der Waals surface area (Å²) in [7, 11) is 0. The number of carboxylic acids is 1. The first-order chi connectivity index (χ1) is 8.89. The molecule has 0 heterocycles. The minimum atomic E-state index is -1.15. The molecule has 0 aromatic heterocycles. The lowest BCUT2D eigenvalue weighted by Crippen LogP contribution is -2.48. The van der Waals surface area contributed by atoms with Crippen molar-refractivity contribution in [2.24, 2.45) is 0 Å². The van der Waals surface area contributed by atoms with E-state index in [9.17, 15) is 9.59 Å². The van der Waals surface area contributed by atoms with Crippen LogP contribution in [0.3, 0.4) is 0 Å². The highest BCUT2D eigenvalue weighted by Gasteiger charge is 2.32. The molecule has 0 aliphatic rings. The zero-order valence-electron chi connectivity index (χ0n) is 11.1. The maximum absolute atomic E-state index is 12.2. The van der Waals surface area contributed by atoms with Crippen molar-refractivity contribution in [3.05, 3.63) is 35.9 Å². The fourth-order valence-corrected chi connectivity index (χ4v) is 1.71. The van der Waals surface area contributed by atoms with Crippen molar-refractivity contribution in [1.29, 1.82) is 0 Å². The molecule has 0 aliphatic carbocycles. The summed E-state index contributed by atoms with van der Waals surface area (Å²) in [6, 6.07) is 8.08. The zero-order chi connectivity index (χ0) is 14.5. The average molecular weight is 265 g/mol. The number of nitrogens with one attached hydrogen (secondary N) is 1. The second kappa shape index (κ2) is 6.33. The second-order valence-corrected chi connectivity index (χ2v) is 4.87. The average Bonchev–Trinajstić information content (AvgIpc) is 2.38. The molecule has 0 fully saturated rings. The van der Waals surface area contributed by atoms with Gasteiger partial charge in [0, 0.05) is 13.0 Å². The summed E-state index contributed by atoms with van der Waals surface area (Å²) in [6.07, 6.45) is -0.00799. The molecular formula is C14H19NO4. The van der Waals surface area contributed by atoms with Crippen molar-refractivity contribution < 1.29 is 19.8 Å². The summed E-state index contributed by atoms with van der Waals surface area (Å²) in [5.41, 5.74) is -0.0228. The number of benzene rings is 1. The Hall–Kier alpha value is -1.88. The zero-order valence-corrected chi connectivity index (χ0v) is 11.1. The van der Waals surface area contributed by atoms with Crippen LogP contribution in [0.15, 0.2) is 30.3 Å². The van der Waals surface area contributed by atoms with Crippen molar-refractivity contribution in [3.8, 4) is 0 Å². The Kier molecular flexibility index (Phi) is 5.06. The number of rotatable bonds is 6. The molecule has 0 radical (unpaired) electrons. The Bertz CT molecular complexity index is 442. The molecular weight excluding hydrogens is 246 g/mol. The molecule has 0 bridgehead atoms. The quantitative estimate of drug-likeness (QED) is 0.713. The normalized spacial score (nSPS) is 12.8. The predicted molar refractivity (Wildman–Crippen MR) is 70.7 cm³/mol. The van der Waals surface area contributed by atoms with E-state index < -0.39 is 17.4 Å². The first-order valence-electron chi connectivity index (χ1n) is 6.09. The third-order valence-corrected chi connectivity index (χ3v) is 3.08. The van der Waals surface area contributed by atoms with Gasteiger partial charge < -0.3 is 15.5 Å². The minimum absolute atomic E-state index is 0.00799. The van der Waals surface area contributed by atoms with E-state index in [-0.39, 0.29) is 18.9 Å². The fraction of sp³-hybridized carbons (Fsp3) is 0.429. The van der Waals surface area contributed by atoms with Gasteiger partial charge in [-0.2, -0.15) is 0 Å². The molecule has 1 amide bonds. The molecule has 1 rings (SSSR count). The molecule has 5 nitrogen and oxygen atoms in total. The smallest absolute Gasteiger partial charge is 0.326 e. The molecule has 19 heavy (non-hydrogen) atoms. The van der Waals surface area contributed by atoms with Crippen LogP contribution in [0.4, 0.5) is 0 Å². The summed E-state index contributed by atoms with van der Waals surface area (Å²) in [6.45, 7) is 3.17. The molecule has 1 aromatic rings. The highest BCUT2D eigenvalue weighted by atomic mass is 16.4. The van der Waals surface area contributed by atoms with Gasteiger partial charge in [-0.3, -0.25) is 4.79 Å². The lowest BCUT2D eigenvalue weighted by Gasteiger charge is -2.26. The maximum Gasteiger partial charge on any atom is 0.326 e. The highest BCUT2D eigenvalue weighted by molar-refractivity contribution is 5.90. The first kappa shape index (κ1) is 15.2. The summed E-state index contributed by atoms with van der Waals surface area (Å²) in [5, 5.41) is 20.2. The van der Waals surface area contributed by atoms with Crippen LogP contribution in [0.2, 0.25) is 0 Å². The molecule has 5 heteroatoms. The fourth-order valence-electron chi connectivity index (χ4n) is 1.71. The van der Waals surface area contributed by atoms with E-state index in [1.807, 2.05) is 30.3 Å². The number of amides is 1. The van der Waals surface area contributed by atoms with Gasteiger partial charge in [0.05, 0.1) is 5.41 Å². The number of carbonyl (C=O) groups excluding carboxylic acids is 1. The van der Waals surface area contributed by atoms with E-state index in [0.717, 1.165) is 5.56 Å². The van der Waals surface area contributed by atoms with Crippen LogP contribution in [0.5, 0.6) is 0 Å². The molecule has 0 saturated heterocycles. The molecule has 3 N–H and O–H groups in total. The monoisotopic (exact) mass is 265 g/mol. The number of aliphatic hydroxyl groups is 1. The summed E-state index contributed by atoms with van der Waals surface area (Å²) >= 11 is 0. The van der Waals surface area contributed by atoms with Gasteiger partial charge in [0.15, 0.2) is 0 Å². The molecule has 1 unspecified atom stereocenters. The van der Waals surface area contributed by atoms with Crippen LogP contribution in [-0.2, 0) is 15.0 Å². The maximum atomic E-state index is 12.2. The van der Waals surface area contributed by atoms with Gasteiger partial charge in [0.1, 0.15) is 6.04 Å².